The molecule has 3 heteroatoms. The van der Waals surface area contributed by atoms with Gasteiger partial charge in [0.05, 0.1) is 12.2 Å². The van der Waals surface area contributed by atoms with Crippen LogP contribution in [0.5, 0.6) is 0 Å². The van der Waals surface area contributed by atoms with Crippen LogP contribution in [0.4, 0.5) is 0 Å². The first-order valence-corrected chi connectivity index (χ1v) is 5.38. The van der Waals surface area contributed by atoms with Gasteiger partial charge in [-0.3, -0.25) is 0 Å². The first kappa shape index (κ1) is 8.02. The maximum atomic E-state index is 5.57. The topological polar surface area (TPSA) is 9.23 Å². The van der Waals surface area contributed by atoms with E-state index in [9.17, 15) is 0 Å². The minimum atomic E-state index is 0.465. The van der Waals surface area contributed by atoms with E-state index in [1.165, 1.54) is 12.8 Å². The van der Waals surface area contributed by atoms with Crippen molar-refractivity contribution in [2.75, 3.05) is 10.7 Å². The SMILES string of the molecule is BrCC1CCC(CBr)O1. The molecule has 1 aliphatic rings. The van der Waals surface area contributed by atoms with Crippen LogP contribution in [0, 0.1) is 0 Å². The van der Waals surface area contributed by atoms with Gasteiger partial charge in [-0.15, -0.1) is 0 Å². The summed E-state index contributed by atoms with van der Waals surface area (Å²) < 4.78 is 5.57. The zero-order valence-corrected chi connectivity index (χ0v) is 8.32. The molecule has 1 saturated heterocycles. The molecular weight excluding hydrogens is 248 g/mol. The van der Waals surface area contributed by atoms with Gasteiger partial charge < -0.3 is 4.74 Å². The molecule has 0 bridgehead atoms. The summed E-state index contributed by atoms with van der Waals surface area (Å²) in [5, 5.41) is 1.97. The van der Waals surface area contributed by atoms with Crippen LogP contribution in [0.25, 0.3) is 0 Å². The lowest BCUT2D eigenvalue weighted by Gasteiger charge is -2.07. The molecule has 0 radical (unpaired) electrons. The van der Waals surface area contributed by atoms with Crippen molar-refractivity contribution in [2.24, 2.45) is 0 Å². The minimum Gasteiger partial charge on any atom is -0.373 e. The van der Waals surface area contributed by atoms with Crippen LogP contribution in [0.2, 0.25) is 0 Å². The lowest BCUT2D eigenvalue weighted by atomic mass is 10.2. The van der Waals surface area contributed by atoms with E-state index in [0.29, 0.717) is 12.2 Å². The molecule has 2 atom stereocenters. The molecule has 1 heterocycles. The standard InChI is InChI=1S/C6H10Br2O/c7-3-5-1-2-6(4-8)9-5/h5-6H,1-4H2. The molecule has 9 heavy (non-hydrogen) atoms. The molecule has 0 spiro atoms. The van der Waals surface area contributed by atoms with Gasteiger partial charge in [-0.1, -0.05) is 31.9 Å². The van der Waals surface area contributed by atoms with E-state index < -0.39 is 0 Å². The summed E-state index contributed by atoms with van der Waals surface area (Å²) in [5.41, 5.74) is 0. The summed E-state index contributed by atoms with van der Waals surface area (Å²) in [6.45, 7) is 0. The Labute approximate surface area is 72.4 Å². The van der Waals surface area contributed by atoms with Gasteiger partial charge in [-0.25, -0.2) is 0 Å². The number of halogens is 2. The van der Waals surface area contributed by atoms with Crippen molar-refractivity contribution in [2.45, 2.75) is 25.0 Å². The molecule has 0 aromatic rings. The molecule has 54 valence electrons. The Hall–Kier alpha value is 0.920. The van der Waals surface area contributed by atoms with E-state index in [1.807, 2.05) is 0 Å². The summed E-state index contributed by atoms with van der Waals surface area (Å²) in [6, 6.07) is 0. The van der Waals surface area contributed by atoms with Crippen molar-refractivity contribution in [3.8, 4) is 0 Å². The predicted octanol–water partition coefficient (Wildman–Crippen LogP) is 2.32. The van der Waals surface area contributed by atoms with Gasteiger partial charge in [-0.05, 0) is 12.8 Å². The summed E-state index contributed by atoms with van der Waals surface area (Å²) >= 11 is 6.79. The zero-order chi connectivity index (χ0) is 6.69. The smallest absolute Gasteiger partial charge is 0.0677 e. The van der Waals surface area contributed by atoms with Gasteiger partial charge in [-0.2, -0.15) is 0 Å². The Bertz CT molecular complexity index is 77.1. The van der Waals surface area contributed by atoms with Crippen molar-refractivity contribution in [1.29, 1.82) is 0 Å². The molecule has 1 nitrogen and oxygen atoms in total. The van der Waals surface area contributed by atoms with Gasteiger partial charge in [0.1, 0.15) is 0 Å². The molecule has 0 N–H and O–H groups in total. The highest BCUT2D eigenvalue weighted by Gasteiger charge is 2.22. The average molecular weight is 258 g/mol. The lowest BCUT2D eigenvalue weighted by Crippen LogP contribution is -2.12. The lowest BCUT2D eigenvalue weighted by molar-refractivity contribution is 0.0741. The predicted molar refractivity (Wildman–Crippen MR) is 45.5 cm³/mol. The van der Waals surface area contributed by atoms with E-state index in [4.69, 9.17) is 4.74 Å². The highest BCUT2D eigenvalue weighted by molar-refractivity contribution is 9.09. The number of hydrogen-bond donors (Lipinski definition) is 0. The normalized spacial score (nSPS) is 35.3. The summed E-state index contributed by atoms with van der Waals surface area (Å²) in [7, 11) is 0. The van der Waals surface area contributed by atoms with Crippen LogP contribution >= 0.6 is 31.9 Å². The third kappa shape index (κ3) is 2.20. The van der Waals surface area contributed by atoms with Crippen molar-refractivity contribution in [3.05, 3.63) is 0 Å². The average Bonchev–Trinajstić information content (AvgIpc) is 2.34. The van der Waals surface area contributed by atoms with Gasteiger partial charge >= 0.3 is 0 Å². The first-order chi connectivity index (χ1) is 4.36. The Kier molecular flexibility index (Phi) is 3.51. The number of rotatable bonds is 2. The fourth-order valence-corrected chi connectivity index (χ4v) is 1.96. The van der Waals surface area contributed by atoms with Crippen LogP contribution in [0.3, 0.4) is 0 Å². The molecule has 0 amide bonds. The van der Waals surface area contributed by atoms with Crippen molar-refractivity contribution < 1.29 is 4.74 Å². The number of alkyl halides is 2. The fourth-order valence-electron chi connectivity index (χ4n) is 1.01. The van der Waals surface area contributed by atoms with Gasteiger partial charge in [0, 0.05) is 10.7 Å². The molecule has 0 aliphatic carbocycles. The molecule has 1 aliphatic heterocycles. The second-order valence-electron chi connectivity index (χ2n) is 2.27. The molecule has 2 unspecified atom stereocenters. The van der Waals surface area contributed by atoms with E-state index in [-0.39, 0.29) is 0 Å². The molecular formula is C6H10Br2O. The second-order valence-corrected chi connectivity index (χ2v) is 3.56. The number of hydrogen-bond acceptors (Lipinski definition) is 1. The maximum absolute atomic E-state index is 5.57. The fraction of sp³-hybridized carbons (Fsp3) is 1.00. The minimum absolute atomic E-state index is 0.465. The van der Waals surface area contributed by atoms with Gasteiger partial charge in [0.15, 0.2) is 0 Å². The monoisotopic (exact) mass is 256 g/mol. The molecule has 0 saturated carbocycles. The third-order valence-electron chi connectivity index (χ3n) is 1.54. The zero-order valence-electron chi connectivity index (χ0n) is 5.15. The Morgan fingerprint density at radius 3 is 1.78 bits per heavy atom. The maximum Gasteiger partial charge on any atom is 0.0677 e. The highest BCUT2D eigenvalue weighted by Crippen LogP contribution is 2.21. The molecule has 1 fully saturated rings. The van der Waals surface area contributed by atoms with Crippen LogP contribution in [-0.2, 0) is 4.74 Å². The quantitative estimate of drug-likeness (QED) is 0.690. The summed E-state index contributed by atoms with van der Waals surface area (Å²) in [6.07, 6.45) is 3.35. The van der Waals surface area contributed by atoms with Gasteiger partial charge in [0.2, 0.25) is 0 Å². The van der Waals surface area contributed by atoms with Crippen molar-refractivity contribution >= 4 is 31.9 Å². The van der Waals surface area contributed by atoms with E-state index in [1.54, 1.807) is 0 Å². The van der Waals surface area contributed by atoms with Crippen LogP contribution in [0.15, 0.2) is 0 Å². The Morgan fingerprint density at radius 1 is 1.11 bits per heavy atom. The first-order valence-electron chi connectivity index (χ1n) is 3.14. The number of ether oxygens (including phenoxy) is 1. The summed E-state index contributed by atoms with van der Waals surface area (Å²) in [5.74, 6) is 0. The van der Waals surface area contributed by atoms with E-state index in [2.05, 4.69) is 31.9 Å². The Morgan fingerprint density at radius 2 is 1.56 bits per heavy atom. The largest absolute Gasteiger partial charge is 0.373 e. The highest BCUT2D eigenvalue weighted by atomic mass is 79.9. The van der Waals surface area contributed by atoms with Crippen LogP contribution in [0.1, 0.15) is 12.8 Å². The molecule has 0 aromatic heterocycles. The van der Waals surface area contributed by atoms with E-state index >= 15 is 0 Å². The van der Waals surface area contributed by atoms with E-state index in [0.717, 1.165) is 10.7 Å². The van der Waals surface area contributed by atoms with Crippen LogP contribution in [-0.4, -0.2) is 22.9 Å². The molecule has 0 aromatic carbocycles. The molecule has 1 rings (SSSR count). The summed E-state index contributed by atoms with van der Waals surface area (Å²) in [4.78, 5) is 0. The second kappa shape index (κ2) is 3.94. The van der Waals surface area contributed by atoms with Crippen LogP contribution < -0.4 is 0 Å². The Balaban J connectivity index is 2.20. The van der Waals surface area contributed by atoms with Crippen molar-refractivity contribution in [1.82, 2.24) is 0 Å². The third-order valence-corrected chi connectivity index (χ3v) is 2.98. The van der Waals surface area contributed by atoms with Crippen molar-refractivity contribution in [3.63, 3.8) is 0 Å². The van der Waals surface area contributed by atoms with Gasteiger partial charge in [0.25, 0.3) is 0 Å².